The lowest BCUT2D eigenvalue weighted by molar-refractivity contribution is 0.0198. The van der Waals surface area contributed by atoms with E-state index in [9.17, 15) is 9.18 Å². The van der Waals surface area contributed by atoms with Crippen molar-refractivity contribution >= 4 is 29.3 Å². The predicted molar refractivity (Wildman–Crippen MR) is 160 cm³/mol. The first-order valence-corrected chi connectivity index (χ1v) is 14.3. The number of hydrogen-bond acceptors (Lipinski definition) is 7. The fourth-order valence-corrected chi connectivity index (χ4v) is 5.58. The molecule has 1 fully saturated rings. The number of anilines is 1. The highest BCUT2D eigenvalue weighted by Gasteiger charge is 2.39. The first kappa shape index (κ1) is 27.8. The maximum atomic E-state index is 14.2. The Morgan fingerprint density at radius 3 is 2.71 bits per heavy atom. The van der Waals surface area contributed by atoms with Crippen LogP contribution in [0.3, 0.4) is 0 Å². The number of para-hydroxylation sites is 1. The van der Waals surface area contributed by atoms with Crippen molar-refractivity contribution in [1.82, 2.24) is 29.5 Å². The summed E-state index contributed by atoms with van der Waals surface area (Å²) in [6, 6.07) is 16.9. The second-order valence-corrected chi connectivity index (χ2v) is 11.8. The lowest BCUT2D eigenvalue weighted by Crippen LogP contribution is -2.47. The molecule has 0 aliphatic carbocycles. The second kappa shape index (κ2) is 11.1. The Morgan fingerprint density at radius 1 is 1.12 bits per heavy atom. The van der Waals surface area contributed by atoms with E-state index in [0.717, 1.165) is 40.7 Å². The summed E-state index contributed by atoms with van der Waals surface area (Å²) in [5, 5.41) is 13.0. The third-order valence-corrected chi connectivity index (χ3v) is 7.59. The summed E-state index contributed by atoms with van der Waals surface area (Å²) in [5.41, 5.74) is 7.69. The molecule has 2 N–H and O–H groups in total. The zero-order valence-electron chi connectivity index (χ0n) is 24.1. The van der Waals surface area contributed by atoms with Gasteiger partial charge in [-0.1, -0.05) is 34.1 Å². The number of benzene rings is 2. The van der Waals surface area contributed by atoms with Crippen LogP contribution in [0, 0.1) is 5.82 Å². The number of piperidine rings is 1. The molecule has 2 aromatic heterocycles. The van der Waals surface area contributed by atoms with Crippen molar-refractivity contribution in [3.8, 4) is 0 Å². The van der Waals surface area contributed by atoms with Crippen molar-refractivity contribution in [1.29, 1.82) is 0 Å². The number of nitrogens with zero attached hydrogens (tertiary/aromatic N) is 6. The zero-order valence-corrected chi connectivity index (χ0v) is 24.1. The Kier molecular flexibility index (Phi) is 7.38. The molecule has 0 bridgehead atoms. The minimum absolute atomic E-state index is 0.00741. The average molecular weight is 572 g/mol. The number of amides is 1. The monoisotopic (exact) mass is 571 g/mol. The summed E-state index contributed by atoms with van der Waals surface area (Å²) >= 11 is 0. The fraction of sp³-hybridized carbons (Fsp3) is 0.355. The smallest absolute Gasteiger partial charge is 0.410 e. The number of ether oxygens (including phenoxy) is 1. The molecule has 218 valence electrons. The van der Waals surface area contributed by atoms with Crippen LogP contribution in [-0.4, -0.2) is 56.5 Å². The number of aromatic nitrogens is 3. The molecule has 2 aliphatic heterocycles. The molecule has 42 heavy (non-hydrogen) atoms. The van der Waals surface area contributed by atoms with E-state index in [2.05, 4.69) is 20.8 Å². The highest BCUT2D eigenvalue weighted by molar-refractivity contribution is 5.91. The molecule has 0 saturated carbocycles. The van der Waals surface area contributed by atoms with Gasteiger partial charge in [0.05, 0.1) is 11.8 Å². The van der Waals surface area contributed by atoms with Crippen LogP contribution in [0.5, 0.6) is 0 Å². The third-order valence-electron chi connectivity index (χ3n) is 7.59. The SMILES string of the molecule is CC(C)(C)OC(=O)N1CCC(NCc2ccn3ncnc(N[N+]4(Cc5cccc(F)c5)N=Cc5ccccc54)c23)CC1. The highest BCUT2D eigenvalue weighted by Crippen LogP contribution is 2.36. The Morgan fingerprint density at radius 2 is 1.93 bits per heavy atom. The standard InChI is InChI=1S/C31H36FN8O2/c1-31(2,3)42-30(41)38-14-12-26(13-15-38)33-18-24-11-16-39-28(24)29(34-21-35-39)37-40(20-22-7-6-9-25(32)17-22)27-10-5-4-8-23(27)19-36-40/h4-11,16-17,19,21,26,33H,12-15,18,20H2,1-3H3,(H,34,35,37)/q+1. The van der Waals surface area contributed by atoms with Gasteiger partial charge < -0.3 is 15.0 Å². The van der Waals surface area contributed by atoms with Crippen molar-refractivity contribution in [3.05, 3.63) is 89.6 Å². The molecule has 0 spiro atoms. The summed E-state index contributed by atoms with van der Waals surface area (Å²) in [5.74, 6) is 0.334. The molecule has 4 heterocycles. The highest BCUT2D eigenvalue weighted by atomic mass is 19.1. The van der Waals surface area contributed by atoms with Gasteiger partial charge in [0.1, 0.15) is 23.3 Å². The predicted octanol–water partition coefficient (Wildman–Crippen LogP) is 5.24. The van der Waals surface area contributed by atoms with Gasteiger partial charge in [-0.15, -0.1) is 0 Å². The van der Waals surface area contributed by atoms with E-state index in [1.807, 2.05) is 74.1 Å². The number of quaternary nitrogens is 1. The van der Waals surface area contributed by atoms with E-state index < -0.39 is 5.60 Å². The number of carbonyl (C=O) groups excluding carboxylic acids is 1. The molecular formula is C31H36FN8O2+. The lowest BCUT2D eigenvalue weighted by Gasteiger charge is -2.33. The molecule has 2 aromatic carbocycles. The normalized spacial score (nSPS) is 18.8. The first-order chi connectivity index (χ1) is 20.2. The topological polar surface area (TPSA) is 96.2 Å². The van der Waals surface area contributed by atoms with E-state index >= 15 is 0 Å². The fourth-order valence-electron chi connectivity index (χ4n) is 5.58. The number of carbonyl (C=O) groups is 1. The number of rotatable bonds is 7. The van der Waals surface area contributed by atoms with Crippen LogP contribution in [0.2, 0.25) is 0 Å². The number of fused-ring (bicyclic) bond motifs is 2. The minimum atomic E-state index is -0.503. The number of hydrogen-bond donors (Lipinski definition) is 2. The Balaban J connectivity index is 1.21. The van der Waals surface area contributed by atoms with Crippen molar-refractivity contribution in [2.45, 2.75) is 58.3 Å². The van der Waals surface area contributed by atoms with E-state index in [4.69, 9.17) is 9.84 Å². The molecule has 2 aliphatic rings. The molecule has 4 aromatic rings. The van der Waals surface area contributed by atoms with E-state index in [0.29, 0.717) is 32.0 Å². The second-order valence-electron chi connectivity index (χ2n) is 11.8. The van der Waals surface area contributed by atoms with E-state index in [-0.39, 0.29) is 22.7 Å². The molecule has 6 rings (SSSR count). The van der Waals surface area contributed by atoms with Gasteiger partial charge in [0.2, 0.25) is 5.82 Å². The van der Waals surface area contributed by atoms with Gasteiger partial charge in [0.25, 0.3) is 0 Å². The lowest BCUT2D eigenvalue weighted by atomic mass is 10.0. The van der Waals surface area contributed by atoms with Crippen LogP contribution < -0.4 is 15.4 Å². The maximum Gasteiger partial charge on any atom is 0.410 e. The van der Waals surface area contributed by atoms with Gasteiger partial charge in [-0.05, 0) is 63.4 Å². The van der Waals surface area contributed by atoms with Gasteiger partial charge in [-0.25, -0.2) is 18.7 Å². The summed E-state index contributed by atoms with van der Waals surface area (Å²) in [4.78, 5) is 18.9. The van der Waals surface area contributed by atoms with Gasteiger partial charge >= 0.3 is 6.09 Å². The molecule has 0 radical (unpaired) electrons. The van der Waals surface area contributed by atoms with E-state index in [1.54, 1.807) is 11.0 Å². The number of nitrogens with one attached hydrogen (secondary N) is 2. The Labute approximate surface area is 244 Å². The van der Waals surface area contributed by atoms with E-state index in [1.165, 1.54) is 18.5 Å². The molecular weight excluding hydrogens is 535 g/mol. The summed E-state index contributed by atoms with van der Waals surface area (Å²) < 4.78 is 21.5. The quantitative estimate of drug-likeness (QED) is 0.295. The Hall–Kier alpha value is -4.35. The largest absolute Gasteiger partial charge is 0.444 e. The molecule has 10 nitrogen and oxygen atoms in total. The van der Waals surface area contributed by atoms with Crippen LogP contribution in [0.15, 0.2) is 72.2 Å². The summed E-state index contributed by atoms with van der Waals surface area (Å²) in [7, 11) is 0. The van der Waals surface area contributed by atoms with Crippen molar-refractivity contribution in [2.75, 3.05) is 18.5 Å². The average Bonchev–Trinajstić information content (AvgIpc) is 3.54. The molecule has 1 amide bonds. The first-order valence-electron chi connectivity index (χ1n) is 14.3. The van der Waals surface area contributed by atoms with Crippen LogP contribution in [0.1, 0.15) is 50.3 Å². The minimum Gasteiger partial charge on any atom is -0.444 e. The molecule has 1 atom stereocenters. The third kappa shape index (κ3) is 5.83. The van der Waals surface area contributed by atoms with Crippen LogP contribution in [-0.2, 0) is 17.8 Å². The van der Waals surface area contributed by atoms with Gasteiger partial charge in [0.15, 0.2) is 12.2 Å². The van der Waals surface area contributed by atoms with Crippen LogP contribution >= 0.6 is 0 Å². The van der Waals surface area contributed by atoms with Gasteiger partial charge in [0, 0.05) is 43.5 Å². The molecule has 1 unspecified atom stereocenters. The zero-order chi connectivity index (χ0) is 29.3. The number of likely N-dealkylation sites (tertiary alicyclic amines) is 1. The van der Waals surface area contributed by atoms with Crippen molar-refractivity contribution in [3.63, 3.8) is 0 Å². The van der Waals surface area contributed by atoms with Crippen molar-refractivity contribution in [2.24, 2.45) is 5.10 Å². The number of halogens is 1. The van der Waals surface area contributed by atoms with Crippen LogP contribution in [0.25, 0.3) is 5.52 Å². The summed E-state index contributed by atoms with van der Waals surface area (Å²) in [6.45, 7) is 7.94. The van der Waals surface area contributed by atoms with Gasteiger partial charge in [-0.3, -0.25) is 0 Å². The van der Waals surface area contributed by atoms with Crippen LogP contribution in [0.4, 0.5) is 20.7 Å². The van der Waals surface area contributed by atoms with Crippen molar-refractivity contribution < 1.29 is 13.9 Å². The van der Waals surface area contributed by atoms with Gasteiger partial charge in [-0.2, -0.15) is 10.5 Å². The Bertz CT molecular complexity index is 1620. The maximum absolute atomic E-state index is 14.2. The molecule has 11 heteroatoms. The molecule has 1 saturated heterocycles. The summed E-state index contributed by atoms with van der Waals surface area (Å²) in [6.07, 6.45) is 6.70.